The number of aromatic hydroxyl groups is 1. The van der Waals surface area contributed by atoms with Crippen molar-refractivity contribution in [3.05, 3.63) is 29.8 Å². The minimum absolute atomic E-state index is 0. The molecule has 0 aliphatic rings. The number of phenolic OH excluding ortho intramolecular Hbond substituents is 1. The van der Waals surface area contributed by atoms with Gasteiger partial charge < -0.3 is 9.84 Å². The zero-order chi connectivity index (χ0) is 12.3. The number of rotatable bonds is 3. The number of esters is 1. The third-order valence-electron chi connectivity index (χ3n) is 1.91. The van der Waals surface area contributed by atoms with Gasteiger partial charge in [0.2, 0.25) is 5.25 Å². The van der Waals surface area contributed by atoms with Crippen LogP contribution in [0.25, 0.3) is 0 Å². The third-order valence-corrected chi connectivity index (χ3v) is 2.97. The number of carbonyl (C=O) groups is 1. The number of hydrogen-bond donors (Lipinski definition) is 2. The molecule has 0 fully saturated rings. The van der Waals surface area contributed by atoms with E-state index in [1.54, 1.807) is 0 Å². The summed E-state index contributed by atoms with van der Waals surface area (Å²) in [5.74, 6) is -1.17. The maximum Gasteiger partial charge on any atom is 0.331 e. The maximum absolute atomic E-state index is 11.2. The molecular weight excluding hydrogens is 259 g/mol. The first-order valence-corrected chi connectivity index (χ1v) is 5.69. The number of benzene rings is 1. The molecule has 0 saturated heterocycles. The number of hydrogen-bond acceptors (Lipinski definition) is 5. The van der Waals surface area contributed by atoms with Gasteiger partial charge in [-0.3, -0.25) is 9.35 Å². The van der Waals surface area contributed by atoms with Crippen molar-refractivity contribution in [3.8, 4) is 5.75 Å². The molecular formula is C9H10NaO6S. The first-order chi connectivity index (χ1) is 7.36. The molecule has 6 nitrogen and oxygen atoms in total. The summed E-state index contributed by atoms with van der Waals surface area (Å²) < 4.78 is 35.2. The summed E-state index contributed by atoms with van der Waals surface area (Å²) in [6.45, 7) is 0. The zero-order valence-electron chi connectivity index (χ0n) is 9.32. The Hall–Kier alpha value is -0.600. The van der Waals surface area contributed by atoms with Crippen molar-refractivity contribution in [2.45, 2.75) is 5.25 Å². The molecule has 0 aliphatic heterocycles. The van der Waals surface area contributed by atoms with Crippen LogP contribution in [0.1, 0.15) is 10.8 Å². The van der Waals surface area contributed by atoms with Crippen LogP contribution in [-0.2, 0) is 19.6 Å². The number of ether oxygens (including phenoxy) is 1. The normalized spacial score (nSPS) is 12.4. The first-order valence-electron chi connectivity index (χ1n) is 4.19. The summed E-state index contributed by atoms with van der Waals surface area (Å²) in [7, 11) is -3.58. The van der Waals surface area contributed by atoms with Crippen LogP contribution in [0.5, 0.6) is 5.75 Å². The molecule has 0 saturated carbocycles. The fourth-order valence-electron chi connectivity index (χ4n) is 1.19. The van der Waals surface area contributed by atoms with E-state index in [-0.39, 0.29) is 40.9 Å². The molecule has 1 aromatic rings. The first kappa shape index (κ1) is 16.4. The molecule has 1 aromatic carbocycles. The van der Waals surface area contributed by atoms with Gasteiger partial charge >= 0.3 is 5.97 Å². The number of carbonyl (C=O) groups excluding carboxylic acids is 1. The molecule has 0 bridgehead atoms. The topological polar surface area (TPSA) is 101 Å². The molecule has 1 rings (SSSR count). The van der Waals surface area contributed by atoms with Gasteiger partial charge in [-0.2, -0.15) is 8.42 Å². The second kappa shape index (κ2) is 6.36. The quantitative estimate of drug-likeness (QED) is 0.459. The van der Waals surface area contributed by atoms with E-state index in [4.69, 9.17) is 9.66 Å². The van der Waals surface area contributed by atoms with Gasteiger partial charge in [0.25, 0.3) is 10.1 Å². The van der Waals surface area contributed by atoms with Crippen molar-refractivity contribution in [1.29, 1.82) is 0 Å². The van der Waals surface area contributed by atoms with Gasteiger partial charge in [-0.25, -0.2) is 0 Å². The van der Waals surface area contributed by atoms with Crippen LogP contribution in [0.2, 0.25) is 0 Å². The van der Waals surface area contributed by atoms with E-state index < -0.39 is 21.3 Å². The zero-order valence-corrected chi connectivity index (χ0v) is 12.1. The number of phenols is 1. The Kier molecular flexibility index (Phi) is 6.14. The maximum atomic E-state index is 11.2. The molecule has 0 aromatic heterocycles. The van der Waals surface area contributed by atoms with Gasteiger partial charge in [0, 0.05) is 29.6 Å². The van der Waals surface area contributed by atoms with Gasteiger partial charge in [-0.05, 0) is 17.7 Å². The summed E-state index contributed by atoms with van der Waals surface area (Å²) in [5, 5.41) is 7.22. The van der Waals surface area contributed by atoms with Gasteiger partial charge in [-0.1, -0.05) is 12.1 Å². The van der Waals surface area contributed by atoms with E-state index in [1.165, 1.54) is 24.3 Å². The Balaban J connectivity index is 0.00000256. The van der Waals surface area contributed by atoms with E-state index in [1.807, 2.05) is 0 Å². The predicted octanol–water partition coefficient (Wildman–Crippen LogP) is 0.113. The van der Waals surface area contributed by atoms with Gasteiger partial charge in [-0.15, -0.1) is 0 Å². The molecule has 1 radical (unpaired) electrons. The van der Waals surface area contributed by atoms with Crippen molar-refractivity contribution >= 4 is 45.6 Å². The fraction of sp³-hybridized carbons (Fsp3) is 0.222. The average Bonchev–Trinajstić information content (AvgIpc) is 2.19. The Morgan fingerprint density at radius 1 is 1.29 bits per heavy atom. The monoisotopic (exact) mass is 269 g/mol. The summed E-state index contributed by atoms with van der Waals surface area (Å²) in [6.07, 6.45) is 0. The molecule has 89 valence electrons. The Morgan fingerprint density at radius 2 is 1.76 bits per heavy atom. The van der Waals surface area contributed by atoms with Crippen LogP contribution in [0.4, 0.5) is 0 Å². The molecule has 1 atom stereocenters. The van der Waals surface area contributed by atoms with Crippen molar-refractivity contribution in [2.75, 3.05) is 7.11 Å². The molecule has 1 unspecified atom stereocenters. The van der Waals surface area contributed by atoms with Crippen LogP contribution >= 0.6 is 0 Å². The molecule has 0 spiro atoms. The second-order valence-corrected chi connectivity index (χ2v) is 4.51. The summed E-state index contributed by atoms with van der Waals surface area (Å²) >= 11 is 0. The van der Waals surface area contributed by atoms with E-state index >= 15 is 0 Å². The van der Waals surface area contributed by atoms with Crippen LogP contribution in [0, 0.1) is 0 Å². The van der Waals surface area contributed by atoms with Crippen LogP contribution in [0.3, 0.4) is 0 Å². The van der Waals surface area contributed by atoms with Gasteiger partial charge in [0.1, 0.15) is 5.75 Å². The van der Waals surface area contributed by atoms with Crippen molar-refractivity contribution < 1.29 is 27.6 Å². The average molecular weight is 269 g/mol. The van der Waals surface area contributed by atoms with E-state index in [0.717, 1.165) is 7.11 Å². The van der Waals surface area contributed by atoms with Gasteiger partial charge in [0.15, 0.2) is 0 Å². The van der Waals surface area contributed by atoms with Gasteiger partial charge in [0.05, 0.1) is 7.11 Å². The molecule has 17 heavy (non-hydrogen) atoms. The largest absolute Gasteiger partial charge is 0.508 e. The van der Waals surface area contributed by atoms with Crippen molar-refractivity contribution in [3.63, 3.8) is 0 Å². The Bertz CT molecular complexity index is 481. The van der Waals surface area contributed by atoms with Crippen LogP contribution in [-0.4, -0.2) is 60.7 Å². The van der Waals surface area contributed by atoms with E-state index in [9.17, 15) is 13.2 Å². The molecule has 2 N–H and O–H groups in total. The summed E-state index contributed by atoms with van der Waals surface area (Å²) in [4.78, 5) is 11.2. The third kappa shape index (κ3) is 4.29. The Labute approximate surface area is 121 Å². The molecule has 0 aliphatic carbocycles. The number of methoxy groups -OCH3 is 1. The summed E-state index contributed by atoms with van der Waals surface area (Å²) in [5.41, 5.74) is 0.0205. The van der Waals surface area contributed by atoms with Crippen LogP contribution < -0.4 is 0 Å². The smallest absolute Gasteiger partial charge is 0.331 e. The molecule has 8 heteroatoms. The van der Waals surface area contributed by atoms with E-state index in [0.29, 0.717) is 0 Å². The molecule has 0 amide bonds. The predicted molar refractivity (Wildman–Crippen MR) is 60.2 cm³/mol. The Morgan fingerprint density at radius 3 is 2.12 bits per heavy atom. The standard InChI is InChI=1S/C9H10O6S.Na/c1-15-9(11)8(16(12,13)14)6-2-4-7(10)5-3-6;/h2-5,8,10H,1H3,(H,12,13,14);. The fourth-order valence-corrected chi connectivity index (χ4v) is 2.03. The minimum atomic E-state index is -4.60. The minimum Gasteiger partial charge on any atom is -0.508 e. The van der Waals surface area contributed by atoms with Crippen molar-refractivity contribution in [2.24, 2.45) is 0 Å². The van der Waals surface area contributed by atoms with E-state index in [2.05, 4.69) is 4.74 Å². The SMILES string of the molecule is COC(=O)C(c1ccc(O)cc1)S(=O)(=O)O.[Na]. The van der Waals surface area contributed by atoms with Crippen LogP contribution in [0.15, 0.2) is 24.3 Å². The van der Waals surface area contributed by atoms with Crippen molar-refractivity contribution in [1.82, 2.24) is 0 Å². The summed E-state index contributed by atoms with van der Waals surface area (Å²) in [6, 6.07) is 4.84. The molecule has 0 heterocycles. The second-order valence-electron chi connectivity index (χ2n) is 3.01.